The van der Waals surface area contributed by atoms with Gasteiger partial charge in [0, 0.05) is 5.75 Å². The zero-order valence-corrected chi connectivity index (χ0v) is 12.0. The minimum atomic E-state index is -3.36. The SMILES string of the molecule is CC(C)SCC1=Cc2cccc(Cl)c2S1(=O)=O. The third-order valence-electron chi connectivity index (χ3n) is 2.49. The van der Waals surface area contributed by atoms with E-state index in [4.69, 9.17) is 11.6 Å². The van der Waals surface area contributed by atoms with Crippen LogP contribution in [-0.4, -0.2) is 19.4 Å². The summed E-state index contributed by atoms with van der Waals surface area (Å²) in [6, 6.07) is 5.17. The lowest BCUT2D eigenvalue weighted by molar-refractivity contribution is 0.603. The van der Waals surface area contributed by atoms with Crippen molar-refractivity contribution in [3.05, 3.63) is 33.7 Å². The van der Waals surface area contributed by atoms with E-state index in [1.54, 1.807) is 36.0 Å². The molecule has 1 aromatic carbocycles. The first-order valence-electron chi connectivity index (χ1n) is 5.28. The fourth-order valence-electron chi connectivity index (χ4n) is 1.67. The molecule has 0 saturated carbocycles. The third kappa shape index (κ3) is 2.39. The van der Waals surface area contributed by atoms with Gasteiger partial charge in [-0.05, 0) is 23.0 Å². The summed E-state index contributed by atoms with van der Waals surface area (Å²) in [5.41, 5.74) is 0.705. The van der Waals surface area contributed by atoms with E-state index in [9.17, 15) is 8.42 Å². The van der Waals surface area contributed by atoms with Gasteiger partial charge in [-0.3, -0.25) is 0 Å². The topological polar surface area (TPSA) is 34.1 Å². The second-order valence-corrected chi connectivity index (χ2v) is 8.04. The number of sulfone groups is 1. The predicted octanol–water partition coefficient (Wildman–Crippen LogP) is 3.61. The zero-order valence-electron chi connectivity index (χ0n) is 9.60. The summed E-state index contributed by atoms with van der Waals surface area (Å²) in [7, 11) is -3.36. The van der Waals surface area contributed by atoms with Gasteiger partial charge in [0.25, 0.3) is 0 Å². The van der Waals surface area contributed by atoms with Gasteiger partial charge in [0.05, 0.1) is 14.8 Å². The number of hydrogen-bond donors (Lipinski definition) is 0. The highest BCUT2D eigenvalue weighted by atomic mass is 35.5. The van der Waals surface area contributed by atoms with Gasteiger partial charge in [-0.1, -0.05) is 37.6 Å². The van der Waals surface area contributed by atoms with Crippen molar-refractivity contribution >= 4 is 39.3 Å². The lowest BCUT2D eigenvalue weighted by atomic mass is 10.2. The van der Waals surface area contributed by atoms with Crippen LogP contribution in [-0.2, 0) is 9.84 Å². The van der Waals surface area contributed by atoms with E-state index in [1.165, 1.54) is 0 Å². The van der Waals surface area contributed by atoms with Crippen LogP contribution < -0.4 is 0 Å². The largest absolute Gasteiger partial charge is 0.219 e. The van der Waals surface area contributed by atoms with Gasteiger partial charge in [0.2, 0.25) is 9.84 Å². The van der Waals surface area contributed by atoms with Crippen LogP contribution in [0.4, 0.5) is 0 Å². The van der Waals surface area contributed by atoms with Crippen molar-refractivity contribution in [3.8, 4) is 0 Å². The van der Waals surface area contributed by atoms with Gasteiger partial charge in [0.15, 0.2) is 0 Å². The standard InChI is InChI=1S/C12H13ClO2S2/c1-8(2)16-7-10-6-9-4-3-5-11(13)12(9)17(10,14)15/h3-6,8H,7H2,1-2H3. The van der Waals surface area contributed by atoms with Gasteiger partial charge in [-0.2, -0.15) is 11.8 Å². The van der Waals surface area contributed by atoms with E-state index >= 15 is 0 Å². The van der Waals surface area contributed by atoms with Crippen LogP contribution in [0.25, 0.3) is 6.08 Å². The second-order valence-electron chi connectivity index (χ2n) is 4.13. The Balaban J connectivity index is 2.40. The highest BCUT2D eigenvalue weighted by molar-refractivity contribution is 8.02. The molecule has 1 aromatic rings. The van der Waals surface area contributed by atoms with E-state index in [0.717, 1.165) is 0 Å². The zero-order chi connectivity index (χ0) is 12.6. The fraction of sp³-hybridized carbons (Fsp3) is 0.333. The summed E-state index contributed by atoms with van der Waals surface area (Å²) >= 11 is 7.58. The van der Waals surface area contributed by atoms with Crippen molar-refractivity contribution in [3.63, 3.8) is 0 Å². The van der Waals surface area contributed by atoms with E-state index < -0.39 is 9.84 Å². The third-order valence-corrected chi connectivity index (χ3v) is 6.19. The molecule has 0 bridgehead atoms. The average molecular weight is 289 g/mol. The normalized spacial score (nSPS) is 17.1. The molecule has 0 saturated heterocycles. The Hall–Kier alpha value is -0.450. The number of benzene rings is 1. The number of halogens is 1. The Labute approximate surface area is 111 Å². The molecule has 0 radical (unpaired) electrons. The summed E-state index contributed by atoms with van der Waals surface area (Å²) in [5.74, 6) is 0.505. The van der Waals surface area contributed by atoms with Crippen LogP contribution in [0.3, 0.4) is 0 Å². The Morgan fingerprint density at radius 3 is 2.65 bits per heavy atom. The van der Waals surface area contributed by atoms with E-state index in [1.807, 2.05) is 13.8 Å². The molecule has 2 nitrogen and oxygen atoms in total. The first-order valence-corrected chi connectivity index (χ1v) is 8.19. The number of rotatable bonds is 3. The Morgan fingerprint density at radius 2 is 2.06 bits per heavy atom. The van der Waals surface area contributed by atoms with Crippen LogP contribution in [0.2, 0.25) is 5.02 Å². The highest BCUT2D eigenvalue weighted by Crippen LogP contribution is 2.38. The smallest absolute Gasteiger partial charge is 0.205 e. The first-order chi connectivity index (χ1) is 7.93. The first kappa shape index (κ1) is 13.0. The summed E-state index contributed by atoms with van der Waals surface area (Å²) in [6.07, 6.45) is 1.73. The molecule has 0 atom stereocenters. The summed E-state index contributed by atoms with van der Waals surface area (Å²) in [4.78, 5) is 0.723. The molecule has 2 rings (SSSR count). The molecule has 0 amide bonds. The maximum absolute atomic E-state index is 12.3. The molecule has 1 heterocycles. The lowest BCUT2D eigenvalue weighted by Crippen LogP contribution is -2.04. The minimum absolute atomic E-state index is 0.265. The molecule has 1 aliphatic heterocycles. The average Bonchev–Trinajstić information content (AvgIpc) is 2.48. The monoisotopic (exact) mass is 288 g/mol. The molecule has 0 aromatic heterocycles. The summed E-state index contributed by atoms with van der Waals surface area (Å²) in [6.45, 7) is 4.10. The molecule has 0 aliphatic carbocycles. The van der Waals surface area contributed by atoms with E-state index in [-0.39, 0.29) is 4.90 Å². The Bertz CT molecular complexity index is 574. The van der Waals surface area contributed by atoms with Crippen molar-refractivity contribution in [2.45, 2.75) is 24.0 Å². The number of thioether (sulfide) groups is 1. The molecule has 1 aliphatic rings. The maximum Gasteiger partial charge on any atom is 0.205 e. The van der Waals surface area contributed by atoms with Crippen LogP contribution in [0, 0.1) is 0 Å². The quantitative estimate of drug-likeness (QED) is 0.852. The Kier molecular flexibility index (Phi) is 3.57. The van der Waals surface area contributed by atoms with Gasteiger partial charge in [-0.25, -0.2) is 8.42 Å². The van der Waals surface area contributed by atoms with Crippen LogP contribution in [0.1, 0.15) is 19.4 Å². The van der Waals surface area contributed by atoms with Crippen LogP contribution >= 0.6 is 23.4 Å². The second kappa shape index (κ2) is 4.67. The molecule has 92 valence electrons. The van der Waals surface area contributed by atoms with Crippen molar-refractivity contribution in [2.24, 2.45) is 0 Å². The Morgan fingerprint density at radius 1 is 1.35 bits per heavy atom. The van der Waals surface area contributed by atoms with Crippen LogP contribution in [0.5, 0.6) is 0 Å². The molecular weight excluding hydrogens is 276 g/mol. The molecule has 17 heavy (non-hydrogen) atoms. The molecule has 0 spiro atoms. The highest BCUT2D eigenvalue weighted by Gasteiger charge is 2.31. The van der Waals surface area contributed by atoms with Crippen molar-refractivity contribution in [1.29, 1.82) is 0 Å². The van der Waals surface area contributed by atoms with Gasteiger partial charge in [0.1, 0.15) is 0 Å². The molecule has 0 unspecified atom stereocenters. The van der Waals surface area contributed by atoms with Crippen molar-refractivity contribution in [2.75, 3.05) is 5.75 Å². The van der Waals surface area contributed by atoms with E-state index in [2.05, 4.69) is 0 Å². The van der Waals surface area contributed by atoms with E-state index in [0.29, 0.717) is 26.5 Å². The van der Waals surface area contributed by atoms with Crippen LogP contribution in [0.15, 0.2) is 28.0 Å². The number of fused-ring (bicyclic) bond motifs is 1. The maximum atomic E-state index is 12.3. The molecule has 0 fully saturated rings. The van der Waals surface area contributed by atoms with Gasteiger partial charge in [-0.15, -0.1) is 0 Å². The lowest BCUT2D eigenvalue weighted by Gasteiger charge is -2.06. The van der Waals surface area contributed by atoms with Crippen molar-refractivity contribution < 1.29 is 8.42 Å². The summed E-state index contributed by atoms with van der Waals surface area (Å²) in [5, 5.41) is 0.716. The van der Waals surface area contributed by atoms with Gasteiger partial charge >= 0.3 is 0 Å². The number of hydrogen-bond acceptors (Lipinski definition) is 3. The predicted molar refractivity (Wildman–Crippen MR) is 74.2 cm³/mol. The summed E-state index contributed by atoms with van der Waals surface area (Å²) < 4.78 is 24.5. The van der Waals surface area contributed by atoms with Crippen molar-refractivity contribution in [1.82, 2.24) is 0 Å². The fourth-order valence-corrected chi connectivity index (χ4v) is 4.87. The minimum Gasteiger partial charge on any atom is -0.219 e. The molecule has 0 N–H and O–H groups in total. The van der Waals surface area contributed by atoms with Gasteiger partial charge < -0.3 is 0 Å². The molecule has 5 heteroatoms. The molecular formula is C12H13ClO2S2.